The van der Waals surface area contributed by atoms with Crippen molar-refractivity contribution < 1.29 is 0 Å². The standard InChI is InChI=1S/C18H27N/c1-4-13-14-7-5-9-16(14)18(11-12-19(2)3)17-10-6-8-15(13)17/h4-12H2,1-3H3. The predicted octanol–water partition coefficient (Wildman–Crippen LogP) is 3.33. The topological polar surface area (TPSA) is 3.24 Å². The van der Waals surface area contributed by atoms with Gasteiger partial charge in [0.2, 0.25) is 0 Å². The summed E-state index contributed by atoms with van der Waals surface area (Å²) in [6, 6.07) is 0. The Labute approximate surface area is 118 Å². The molecule has 0 amide bonds. The zero-order valence-electron chi connectivity index (χ0n) is 12.8. The second-order valence-electron chi connectivity index (χ2n) is 6.49. The monoisotopic (exact) mass is 257 g/mol. The summed E-state index contributed by atoms with van der Waals surface area (Å²) in [5, 5.41) is 0. The smallest absolute Gasteiger partial charge is 0.00159 e. The molecule has 0 saturated carbocycles. The van der Waals surface area contributed by atoms with E-state index in [1.54, 1.807) is 33.4 Å². The van der Waals surface area contributed by atoms with Gasteiger partial charge in [-0.2, -0.15) is 0 Å². The number of fused-ring (bicyclic) bond motifs is 2. The van der Waals surface area contributed by atoms with E-state index in [0.29, 0.717) is 0 Å². The van der Waals surface area contributed by atoms with Crippen LogP contribution < -0.4 is 0 Å². The summed E-state index contributed by atoms with van der Waals surface area (Å²) in [5.41, 5.74) is 10.5. The Balaban J connectivity index is 2.08. The van der Waals surface area contributed by atoms with Crippen LogP contribution in [0.5, 0.6) is 0 Å². The molecule has 2 aliphatic rings. The fraction of sp³-hybridized carbons (Fsp3) is 0.667. The Hall–Kier alpha value is -0.820. The molecule has 0 aromatic heterocycles. The Morgan fingerprint density at radius 1 is 0.789 bits per heavy atom. The van der Waals surface area contributed by atoms with Crippen LogP contribution in [0.3, 0.4) is 0 Å². The molecule has 1 aromatic carbocycles. The van der Waals surface area contributed by atoms with Crippen LogP contribution in [0.1, 0.15) is 53.1 Å². The lowest BCUT2D eigenvalue weighted by molar-refractivity contribution is 0.412. The molecule has 0 atom stereocenters. The van der Waals surface area contributed by atoms with Gasteiger partial charge in [0, 0.05) is 6.54 Å². The van der Waals surface area contributed by atoms with Gasteiger partial charge in [0.15, 0.2) is 0 Å². The van der Waals surface area contributed by atoms with Gasteiger partial charge < -0.3 is 4.90 Å². The highest BCUT2D eigenvalue weighted by molar-refractivity contribution is 5.55. The van der Waals surface area contributed by atoms with Crippen LogP contribution in [0.2, 0.25) is 0 Å². The Morgan fingerprint density at radius 3 is 1.68 bits per heavy atom. The lowest BCUT2D eigenvalue weighted by Gasteiger charge is -2.21. The minimum absolute atomic E-state index is 1.20. The first-order valence-electron chi connectivity index (χ1n) is 8.04. The number of benzene rings is 1. The molecular weight excluding hydrogens is 230 g/mol. The van der Waals surface area contributed by atoms with E-state index in [4.69, 9.17) is 0 Å². The lowest BCUT2D eigenvalue weighted by Crippen LogP contribution is -2.17. The van der Waals surface area contributed by atoms with Gasteiger partial charge in [0.1, 0.15) is 0 Å². The van der Waals surface area contributed by atoms with Crippen molar-refractivity contribution in [3.05, 3.63) is 33.4 Å². The summed E-state index contributed by atoms with van der Waals surface area (Å²) in [6.45, 7) is 3.55. The van der Waals surface area contributed by atoms with Gasteiger partial charge in [0.25, 0.3) is 0 Å². The number of hydrogen-bond acceptors (Lipinski definition) is 1. The van der Waals surface area contributed by atoms with Crippen molar-refractivity contribution in [1.82, 2.24) is 4.90 Å². The van der Waals surface area contributed by atoms with Crippen LogP contribution in [-0.4, -0.2) is 25.5 Å². The molecule has 104 valence electrons. The van der Waals surface area contributed by atoms with E-state index in [9.17, 15) is 0 Å². The average Bonchev–Trinajstić information content (AvgIpc) is 3.02. The Bertz CT molecular complexity index is 450. The maximum absolute atomic E-state index is 2.35. The molecule has 0 bridgehead atoms. The van der Waals surface area contributed by atoms with Gasteiger partial charge >= 0.3 is 0 Å². The molecule has 0 saturated heterocycles. The van der Waals surface area contributed by atoms with E-state index in [1.807, 2.05) is 0 Å². The second-order valence-corrected chi connectivity index (χ2v) is 6.49. The summed E-state index contributed by atoms with van der Waals surface area (Å²) in [6.07, 6.45) is 10.7. The van der Waals surface area contributed by atoms with Crippen molar-refractivity contribution in [1.29, 1.82) is 0 Å². The Morgan fingerprint density at radius 2 is 1.26 bits per heavy atom. The first kappa shape index (κ1) is 13.2. The third-order valence-corrected chi connectivity index (χ3v) is 5.06. The van der Waals surface area contributed by atoms with Crippen LogP contribution in [0.15, 0.2) is 0 Å². The zero-order valence-corrected chi connectivity index (χ0v) is 12.8. The molecule has 0 heterocycles. The second kappa shape index (κ2) is 5.28. The highest BCUT2D eigenvalue weighted by atomic mass is 15.0. The molecule has 1 aromatic rings. The number of likely N-dealkylation sites (N-methyl/N-ethyl adjacent to an activating group) is 1. The molecule has 0 N–H and O–H groups in total. The molecule has 3 rings (SSSR count). The van der Waals surface area contributed by atoms with Gasteiger partial charge in [-0.1, -0.05) is 6.92 Å². The van der Waals surface area contributed by atoms with E-state index in [0.717, 1.165) is 0 Å². The molecule has 0 aliphatic heterocycles. The van der Waals surface area contributed by atoms with Crippen LogP contribution in [0.25, 0.3) is 0 Å². The Kier molecular flexibility index (Phi) is 3.66. The number of rotatable bonds is 4. The first-order chi connectivity index (χ1) is 9.22. The van der Waals surface area contributed by atoms with Gasteiger partial charge in [-0.05, 0) is 98.8 Å². The third-order valence-electron chi connectivity index (χ3n) is 5.06. The maximum Gasteiger partial charge on any atom is 0.00159 e. The SMILES string of the molecule is CCc1c2c(c(CCN(C)C)c3c1CCC3)CCC2. The minimum atomic E-state index is 1.20. The molecule has 0 fully saturated rings. The van der Waals surface area contributed by atoms with Gasteiger partial charge in [-0.25, -0.2) is 0 Å². The number of nitrogens with zero attached hydrogens (tertiary/aromatic N) is 1. The minimum Gasteiger partial charge on any atom is -0.309 e. The van der Waals surface area contributed by atoms with Gasteiger partial charge in [0.05, 0.1) is 0 Å². The van der Waals surface area contributed by atoms with Crippen molar-refractivity contribution in [3.63, 3.8) is 0 Å². The zero-order chi connectivity index (χ0) is 13.4. The van der Waals surface area contributed by atoms with Crippen LogP contribution in [0.4, 0.5) is 0 Å². The maximum atomic E-state index is 2.35. The third kappa shape index (κ3) is 2.23. The summed E-state index contributed by atoms with van der Waals surface area (Å²) in [4.78, 5) is 2.33. The normalized spacial score (nSPS) is 17.1. The summed E-state index contributed by atoms with van der Waals surface area (Å²) in [5.74, 6) is 0. The van der Waals surface area contributed by atoms with E-state index >= 15 is 0 Å². The van der Waals surface area contributed by atoms with Crippen LogP contribution in [0, 0.1) is 0 Å². The molecule has 0 unspecified atom stereocenters. The number of hydrogen-bond donors (Lipinski definition) is 0. The van der Waals surface area contributed by atoms with Crippen molar-refractivity contribution >= 4 is 0 Å². The van der Waals surface area contributed by atoms with E-state index in [2.05, 4.69) is 25.9 Å². The van der Waals surface area contributed by atoms with Crippen molar-refractivity contribution in [3.8, 4) is 0 Å². The van der Waals surface area contributed by atoms with Gasteiger partial charge in [-0.15, -0.1) is 0 Å². The summed E-state index contributed by atoms with van der Waals surface area (Å²) >= 11 is 0. The molecule has 2 aliphatic carbocycles. The van der Waals surface area contributed by atoms with Crippen molar-refractivity contribution in [2.45, 2.75) is 58.3 Å². The largest absolute Gasteiger partial charge is 0.309 e. The first-order valence-corrected chi connectivity index (χ1v) is 8.04. The predicted molar refractivity (Wildman–Crippen MR) is 82.1 cm³/mol. The molecule has 19 heavy (non-hydrogen) atoms. The van der Waals surface area contributed by atoms with E-state index in [1.165, 1.54) is 57.9 Å². The van der Waals surface area contributed by atoms with Crippen molar-refractivity contribution in [2.75, 3.05) is 20.6 Å². The summed E-state index contributed by atoms with van der Waals surface area (Å²) in [7, 11) is 4.39. The molecule has 0 radical (unpaired) electrons. The summed E-state index contributed by atoms with van der Waals surface area (Å²) < 4.78 is 0. The van der Waals surface area contributed by atoms with Gasteiger partial charge in [-0.3, -0.25) is 0 Å². The van der Waals surface area contributed by atoms with Crippen LogP contribution >= 0.6 is 0 Å². The molecule has 1 heteroatoms. The van der Waals surface area contributed by atoms with Crippen molar-refractivity contribution in [2.24, 2.45) is 0 Å². The average molecular weight is 257 g/mol. The lowest BCUT2D eigenvalue weighted by atomic mass is 9.86. The van der Waals surface area contributed by atoms with E-state index in [-0.39, 0.29) is 0 Å². The fourth-order valence-electron chi connectivity index (χ4n) is 4.25. The van der Waals surface area contributed by atoms with Crippen LogP contribution in [-0.2, 0) is 38.5 Å². The fourth-order valence-corrected chi connectivity index (χ4v) is 4.25. The molecule has 0 spiro atoms. The van der Waals surface area contributed by atoms with E-state index < -0.39 is 0 Å². The quantitative estimate of drug-likeness (QED) is 0.800. The molecular formula is C18H27N. The highest BCUT2D eigenvalue weighted by Crippen LogP contribution is 2.39. The highest BCUT2D eigenvalue weighted by Gasteiger charge is 2.27. The molecule has 1 nitrogen and oxygen atoms in total.